The third-order valence-electron chi connectivity index (χ3n) is 2.32. The lowest BCUT2D eigenvalue weighted by Crippen LogP contribution is -2.05. The van der Waals surface area contributed by atoms with Gasteiger partial charge >= 0.3 is 5.82 Å². The van der Waals surface area contributed by atoms with Crippen LogP contribution >= 0.6 is 0 Å². The van der Waals surface area contributed by atoms with Gasteiger partial charge < -0.3 is 19.8 Å². The van der Waals surface area contributed by atoms with Crippen molar-refractivity contribution in [3.63, 3.8) is 0 Å². The summed E-state index contributed by atoms with van der Waals surface area (Å²) in [6.45, 7) is 2.23. The van der Waals surface area contributed by atoms with Gasteiger partial charge in [0.1, 0.15) is 11.5 Å². The summed E-state index contributed by atoms with van der Waals surface area (Å²) in [6, 6.07) is 3.67. The summed E-state index contributed by atoms with van der Waals surface area (Å²) in [5, 5.41) is 13.7. The predicted octanol–water partition coefficient (Wildman–Crippen LogP) is 1.84. The van der Waals surface area contributed by atoms with E-state index in [0.29, 0.717) is 12.4 Å². The van der Waals surface area contributed by atoms with Crippen LogP contribution in [0.25, 0.3) is 0 Å². The van der Waals surface area contributed by atoms with Gasteiger partial charge in [0.25, 0.3) is 0 Å². The van der Waals surface area contributed by atoms with E-state index >= 15 is 0 Å². The van der Waals surface area contributed by atoms with Crippen LogP contribution in [0.15, 0.2) is 22.9 Å². The Hall–Kier alpha value is -2.31. The monoisotopic (exact) mass is 236 g/mol. The second kappa shape index (κ2) is 4.28. The number of anilines is 1. The molecule has 0 aromatic carbocycles. The molecule has 0 saturated carbocycles. The van der Waals surface area contributed by atoms with E-state index in [-0.39, 0.29) is 5.82 Å². The molecule has 17 heavy (non-hydrogen) atoms. The van der Waals surface area contributed by atoms with Crippen molar-refractivity contribution in [3.8, 4) is 0 Å². The Bertz CT molecular complexity index is 543. The molecular formula is C10H12N4O3. The number of imidazole rings is 1. The summed E-state index contributed by atoms with van der Waals surface area (Å²) < 4.78 is 6.92. The molecule has 0 bridgehead atoms. The highest BCUT2D eigenvalue weighted by Crippen LogP contribution is 2.21. The smallest absolute Gasteiger partial charge is 0.406 e. The molecule has 0 fully saturated rings. The van der Waals surface area contributed by atoms with E-state index in [2.05, 4.69) is 10.3 Å². The molecule has 0 aliphatic carbocycles. The van der Waals surface area contributed by atoms with Crippen molar-refractivity contribution in [3.05, 3.63) is 40.1 Å². The molecule has 0 spiro atoms. The molecule has 2 aromatic heterocycles. The average molecular weight is 236 g/mol. The second-order valence-electron chi connectivity index (χ2n) is 3.65. The van der Waals surface area contributed by atoms with Gasteiger partial charge in [-0.2, -0.15) is 0 Å². The number of rotatable bonds is 4. The Morgan fingerprint density at radius 2 is 2.35 bits per heavy atom. The van der Waals surface area contributed by atoms with E-state index in [9.17, 15) is 10.1 Å². The van der Waals surface area contributed by atoms with Crippen LogP contribution in [0, 0.1) is 17.0 Å². The first-order chi connectivity index (χ1) is 8.08. The Balaban J connectivity index is 2.13. The zero-order valence-corrected chi connectivity index (χ0v) is 9.51. The van der Waals surface area contributed by atoms with E-state index < -0.39 is 4.92 Å². The molecule has 0 aliphatic rings. The minimum Gasteiger partial charge on any atom is -0.465 e. The van der Waals surface area contributed by atoms with Gasteiger partial charge in [-0.1, -0.05) is 0 Å². The largest absolute Gasteiger partial charge is 0.465 e. The standard InChI is InChI=1S/C10H12N4O3/c1-7-3-4-8(17-7)5-11-9-10(14(15)16)12-6-13(9)2/h3-4,6,11H,5H2,1-2H3. The first-order valence-corrected chi connectivity index (χ1v) is 5.03. The number of furan rings is 1. The van der Waals surface area contributed by atoms with Crippen LogP contribution < -0.4 is 5.32 Å². The van der Waals surface area contributed by atoms with Gasteiger partial charge in [0.2, 0.25) is 12.1 Å². The van der Waals surface area contributed by atoms with Crippen molar-refractivity contribution in [2.75, 3.05) is 5.32 Å². The SMILES string of the molecule is Cc1ccc(CNc2c([N+](=O)[O-])ncn2C)o1. The number of hydrogen-bond donors (Lipinski definition) is 1. The number of nitrogens with one attached hydrogen (secondary N) is 1. The van der Waals surface area contributed by atoms with Gasteiger partial charge in [-0.25, -0.2) is 0 Å². The van der Waals surface area contributed by atoms with Crippen LogP contribution in [0.4, 0.5) is 11.6 Å². The fourth-order valence-electron chi connectivity index (χ4n) is 1.51. The first-order valence-electron chi connectivity index (χ1n) is 5.03. The Morgan fingerprint density at radius 3 is 2.94 bits per heavy atom. The fourth-order valence-corrected chi connectivity index (χ4v) is 1.51. The normalized spacial score (nSPS) is 10.5. The summed E-state index contributed by atoms with van der Waals surface area (Å²) in [6.07, 6.45) is 1.40. The van der Waals surface area contributed by atoms with Crippen molar-refractivity contribution >= 4 is 11.6 Å². The van der Waals surface area contributed by atoms with Gasteiger partial charge in [-0.3, -0.25) is 4.57 Å². The van der Waals surface area contributed by atoms with Crippen molar-refractivity contribution in [1.82, 2.24) is 9.55 Å². The molecule has 0 aliphatic heterocycles. The number of nitro groups is 1. The van der Waals surface area contributed by atoms with E-state index in [1.165, 1.54) is 6.33 Å². The highest BCUT2D eigenvalue weighted by molar-refractivity contribution is 5.51. The van der Waals surface area contributed by atoms with Crippen molar-refractivity contribution in [2.45, 2.75) is 13.5 Å². The third kappa shape index (κ3) is 2.27. The number of aryl methyl sites for hydroxylation is 2. The molecule has 7 nitrogen and oxygen atoms in total. The minimum absolute atomic E-state index is 0.184. The molecule has 7 heteroatoms. The third-order valence-corrected chi connectivity index (χ3v) is 2.32. The highest BCUT2D eigenvalue weighted by atomic mass is 16.6. The molecule has 1 N–H and O–H groups in total. The lowest BCUT2D eigenvalue weighted by Gasteiger charge is -2.03. The Morgan fingerprint density at radius 1 is 1.59 bits per heavy atom. The number of aromatic nitrogens is 2. The average Bonchev–Trinajstić information content (AvgIpc) is 2.82. The van der Waals surface area contributed by atoms with Crippen LogP contribution in [0.2, 0.25) is 0 Å². The molecule has 0 atom stereocenters. The zero-order chi connectivity index (χ0) is 12.4. The Kier molecular flexibility index (Phi) is 2.82. The maximum absolute atomic E-state index is 10.7. The predicted molar refractivity (Wildman–Crippen MR) is 60.6 cm³/mol. The fraction of sp³-hybridized carbons (Fsp3) is 0.300. The van der Waals surface area contributed by atoms with E-state index in [4.69, 9.17) is 4.42 Å². The molecule has 0 unspecified atom stereocenters. The summed E-state index contributed by atoms with van der Waals surface area (Å²) >= 11 is 0. The summed E-state index contributed by atoms with van der Waals surface area (Å²) in [5.74, 6) is 1.71. The highest BCUT2D eigenvalue weighted by Gasteiger charge is 2.19. The maximum atomic E-state index is 10.7. The summed E-state index contributed by atoms with van der Waals surface area (Å²) in [4.78, 5) is 13.9. The minimum atomic E-state index is -0.518. The molecule has 90 valence electrons. The van der Waals surface area contributed by atoms with Crippen LogP contribution in [0.3, 0.4) is 0 Å². The van der Waals surface area contributed by atoms with Crippen LogP contribution in [-0.2, 0) is 13.6 Å². The van der Waals surface area contributed by atoms with Gasteiger partial charge in [-0.15, -0.1) is 0 Å². The Labute approximate surface area is 97.2 Å². The van der Waals surface area contributed by atoms with Crippen LogP contribution in [0.1, 0.15) is 11.5 Å². The lowest BCUT2D eigenvalue weighted by atomic mass is 10.4. The summed E-state index contributed by atoms with van der Waals surface area (Å²) in [7, 11) is 1.69. The molecular weight excluding hydrogens is 224 g/mol. The second-order valence-corrected chi connectivity index (χ2v) is 3.65. The molecule has 0 saturated heterocycles. The molecule has 2 aromatic rings. The first kappa shape index (κ1) is 11.2. The zero-order valence-electron chi connectivity index (χ0n) is 9.51. The van der Waals surface area contributed by atoms with Crippen molar-refractivity contribution in [2.24, 2.45) is 7.05 Å². The van der Waals surface area contributed by atoms with E-state index in [0.717, 1.165) is 11.5 Å². The van der Waals surface area contributed by atoms with E-state index in [1.807, 2.05) is 19.1 Å². The number of nitrogens with zero attached hydrogens (tertiary/aromatic N) is 3. The molecule has 0 amide bonds. The summed E-state index contributed by atoms with van der Waals surface area (Å²) in [5.41, 5.74) is 0. The molecule has 2 rings (SSSR count). The maximum Gasteiger partial charge on any atom is 0.406 e. The van der Waals surface area contributed by atoms with Gasteiger partial charge in [0.05, 0.1) is 6.54 Å². The topological polar surface area (TPSA) is 86.1 Å². The molecule has 0 radical (unpaired) electrons. The quantitative estimate of drug-likeness (QED) is 0.646. The van der Waals surface area contributed by atoms with Crippen molar-refractivity contribution < 1.29 is 9.34 Å². The van der Waals surface area contributed by atoms with Gasteiger partial charge in [-0.05, 0) is 29.0 Å². The van der Waals surface area contributed by atoms with Gasteiger partial charge in [0, 0.05) is 7.05 Å². The molecule has 2 heterocycles. The van der Waals surface area contributed by atoms with E-state index in [1.54, 1.807) is 11.6 Å². The number of hydrogen-bond acceptors (Lipinski definition) is 5. The van der Waals surface area contributed by atoms with Crippen LogP contribution in [0.5, 0.6) is 0 Å². The van der Waals surface area contributed by atoms with Crippen molar-refractivity contribution in [1.29, 1.82) is 0 Å². The van der Waals surface area contributed by atoms with Crippen LogP contribution in [-0.4, -0.2) is 14.5 Å². The lowest BCUT2D eigenvalue weighted by molar-refractivity contribution is -0.388. The van der Waals surface area contributed by atoms with Gasteiger partial charge in [0.15, 0.2) is 0 Å².